The van der Waals surface area contributed by atoms with Crippen LogP contribution in [0.4, 0.5) is 0 Å². The van der Waals surface area contributed by atoms with Crippen molar-refractivity contribution in [3.05, 3.63) is 24.3 Å². The Bertz CT molecular complexity index is 265. The fourth-order valence-electron chi connectivity index (χ4n) is 1.37. The van der Waals surface area contributed by atoms with Crippen LogP contribution in [0.15, 0.2) is 24.3 Å². The lowest BCUT2D eigenvalue weighted by molar-refractivity contribution is -0.122. The van der Waals surface area contributed by atoms with Gasteiger partial charge in [-0.3, -0.25) is 0 Å². The van der Waals surface area contributed by atoms with Crippen molar-refractivity contribution in [2.45, 2.75) is 39.4 Å². The third-order valence-corrected chi connectivity index (χ3v) is 4.37. The highest BCUT2D eigenvalue weighted by Crippen LogP contribution is 2.20. The maximum Gasteiger partial charge on any atom is 0.149 e. The van der Waals surface area contributed by atoms with E-state index in [4.69, 9.17) is 4.74 Å². The van der Waals surface area contributed by atoms with Gasteiger partial charge in [0.1, 0.15) is 12.4 Å². The molecule has 0 amide bonds. The monoisotopic (exact) mass is 288 g/mol. The number of ether oxygens (including phenoxy) is 1. The molecule has 0 bridgehead atoms. The van der Waals surface area contributed by atoms with Gasteiger partial charge >= 0.3 is 0 Å². The predicted molar refractivity (Wildman–Crippen MR) is 84.1 cm³/mol. The van der Waals surface area contributed by atoms with Gasteiger partial charge in [0.05, 0.1) is 6.10 Å². The van der Waals surface area contributed by atoms with Crippen LogP contribution < -0.4 is 0 Å². The van der Waals surface area contributed by atoms with Crippen molar-refractivity contribution in [2.24, 2.45) is 5.92 Å². The molecule has 3 atom stereocenters. The van der Waals surface area contributed by atoms with Crippen molar-refractivity contribution in [1.29, 1.82) is 0 Å². The second-order valence-electron chi connectivity index (χ2n) is 4.09. The van der Waals surface area contributed by atoms with Crippen molar-refractivity contribution in [3.63, 3.8) is 0 Å². The van der Waals surface area contributed by atoms with E-state index in [2.05, 4.69) is 12.2 Å². The second kappa shape index (κ2) is 11.9. The number of aldehydes is 1. The lowest BCUT2D eigenvalue weighted by Gasteiger charge is -2.21. The van der Waals surface area contributed by atoms with Crippen LogP contribution in [0.2, 0.25) is 0 Å². The zero-order chi connectivity index (χ0) is 13.8. The van der Waals surface area contributed by atoms with Crippen LogP contribution in [0.3, 0.4) is 0 Å². The van der Waals surface area contributed by atoms with E-state index < -0.39 is 0 Å². The molecule has 0 aromatic heterocycles. The smallest absolute Gasteiger partial charge is 0.149 e. The van der Waals surface area contributed by atoms with E-state index in [0.29, 0.717) is 0 Å². The Morgan fingerprint density at radius 3 is 2.56 bits per heavy atom. The lowest BCUT2D eigenvalue weighted by Crippen LogP contribution is -2.27. The number of hydrogen-bond acceptors (Lipinski definition) is 4. The SMILES string of the molecule is C/C=C\C/C=C\C(C)C(C=O)OC(C)CSSC. The number of rotatable bonds is 10. The van der Waals surface area contributed by atoms with Crippen molar-refractivity contribution in [1.82, 2.24) is 0 Å². The highest BCUT2D eigenvalue weighted by atomic mass is 33.1. The Morgan fingerprint density at radius 1 is 1.28 bits per heavy atom. The summed E-state index contributed by atoms with van der Waals surface area (Å²) in [6.07, 6.45) is 11.8. The molecule has 3 unspecified atom stereocenters. The van der Waals surface area contributed by atoms with Gasteiger partial charge in [0.2, 0.25) is 0 Å². The van der Waals surface area contributed by atoms with Crippen LogP contribution in [-0.2, 0) is 9.53 Å². The average Bonchev–Trinajstić information content (AvgIpc) is 2.38. The van der Waals surface area contributed by atoms with Crippen LogP contribution in [0.5, 0.6) is 0 Å². The topological polar surface area (TPSA) is 26.3 Å². The van der Waals surface area contributed by atoms with Gasteiger partial charge < -0.3 is 9.53 Å². The van der Waals surface area contributed by atoms with Gasteiger partial charge in [-0.2, -0.15) is 0 Å². The maximum atomic E-state index is 11.1. The molecule has 0 fully saturated rings. The molecule has 0 aliphatic carbocycles. The molecule has 0 aromatic carbocycles. The standard InChI is InChI=1S/C14H24O2S2/c1-5-6-7-8-9-12(2)14(10-15)16-13(3)11-18-17-4/h5-6,8-10,12-14H,7,11H2,1-4H3/b6-5-,9-8-. The van der Waals surface area contributed by atoms with Gasteiger partial charge in [0.25, 0.3) is 0 Å². The van der Waals surface area contributed by atoms with Crippen molar-refractivity contribution in [2.75, 3.05) is 12.0 Å². The average molecular weight is 288 g/mol. The molecule has 18 heavy (non-hydrogen) atoms. The van der Waals surface area contributed by atoms with Crippen LogP contribution in [-0.4, -0.2) is 30.5 Å². The van der Waals surface area contributed by atoms with Crippen molar-refractivity contribution < 1.29 is 9.53 Å². The minimum atomic E-state index is -0.343. The summed E-state index contributed by atoms with van der Waals surface area (Å²) in [7, 11) is 3.47. The summed E-state index contributed by atoms with van der Waals surface area (Å²) in [5, 5.41) is 0. The Kier molecular flexibility index (Phi) is 11.8. The lowest BCUT2D eigenvalue weighted by atomic mass is 10.0. The molecule has 0 rings (SSSR count). The van der Waals surface area contributed by atoms with E-state index in [-0.39, 0.29) is 18.1 Å². The molecule has 0 N–H and O–H groups in total. The third kappa shape index (κ3) is 8.84. The van der Waals surface area contributed by atoms with E-state index in [1.807, 2.05) is 39.2 Å². The maximum absolute atomic E-state index is 11.1. The van der Waals surface area contributed by atoms with Crippen LogP contribution in [0, 0.1) is 5.92 Å². The first kappa shape index (κ1) is 17.8. The summed E-state index contributed by atoms with van der Waals surface area (Å²) < 4.78 is 5.75. The first-order valence-corrected chi connectivity index (χ1v) is 8.92. The summed E-state index contributed by atoms with van der Waals surface area (Å²) in [6.45, 7) is 6.02. The zero-order valence-corrected chi connectivity index (χ0v) is 13.3. The quantitative estimate of drug-likeness (QED) is 0.343. The van der Waals surface area contributed by atoms with Crippen LogP contribution in [0.25, 0.3) is 0 Å². The molecular formula is C14H24O2S2. The Balaban J connectivity index is 4.13. The minimum Gasteiger partial charge on any atom is -0.366 e. The highest BCUT2D eigenvalue weighted by Gasteiger charge is 2.17. The highest BCUT2D eigenvalue weighted by molar-refractivity contribution is 8.76. The molecule has 0 spiro atoms. The minimum absolute atomic E-state index is 0.101. The number of hydrogen-bond donors (Lipinski definition) is 0. The molecule has 2 nitrogen and oxygen atoms in total. The molecular weight excluding hydrogens is 264 g/mol. The fraction of sp³-hybridized carbons (Fsp3) is 0.643. The molecule has 0 aliphatic heterocycles. The third-order valence-electron chi connectivity index (χ3n) is 2.41. The zero-order valence-electron chi connectivity index (χ0n) is 11.7. The second-order valence-corrected chi connectivity index (χ2v) is 6.70. The summed E-state index contributed by atoms with van der Waals surface area (Å²) >= 11 is 0. The normalized spacial score (nSPS) is 17.1. The van der Waals surface area contributed by atoms with Gasteiger partial charge in [0, 0.05) is 11.7 Å². The summed E-state index contributed by atoms with van der Waals surface area (Å²) in [5.41, 5.74) is 0. The molecule has 0 radical (unpaired) electrons. The van der Waals surface area contributed by atoms with Gasteiger partial charge in [-0.15, -0.1) is 0 Å². The fourth-order valence-corrected chi connectivity index (χ4v) is 2.76. The largest absolute Gasteiger partial charge is 0.366 e. The van der Waals surface area contributed by atoms with Gasteiger partial charge in [-0.05, 0) is 26.5 Å². The van der Waals surface area contributed by atoms with E-state index in [0.717, 1.165) is 18.5 Å². The number of allylic oxidation sites excluding steroid dienone is 3. The van der Waals surface area contributed by atoms with Gasteiger partial charge in [0.15, 0.2) is 0 Å². The van der Waals surface area contributed by atoms with Gasteiger partial charge in [-0.25, -0.2) is 0 Å². The summed E-state index contributed by atoms with van der Waals surface area (Å²) in [6, 6.07) is 0. The molecule has 4 heteroatoms. The molecule has 0 saturated carbocycles. The summed E-state index contributed by atoms with van der Waals surface area (Å²) in [4.78, 5) is 11.1. The Labute approximate surface area is 119 Å². The molecule has 0 saturated heterocycles. The van der Waals surface area contributed by atoms with Crippen LogP contribution >= 0.6 is 21.6 Å². The molecule has 0 aromatic rings. The first-order valence-electron chi connectivity index (χ1n) is 6.19. The van der Waals surface area contributed by atoms with Crippen LogP contribution in [0.1, 0.15) is 27.2 Å². The molecule has 0 heterocycles. The van der Waals surface area contributed by atoms with E-state index in [9.17, 15) is 4.79 Å². The first-order chi connectivity index (χ1) is 8.65. The van der Waals surface area contributed by atoms with E-state index in [1.165, 1.54) is 0 Å². The Hall–Kier alpha value is -0.190. The number of carbonyl (C=O) groups is 1. The Morgan fingerprint density at radius 2 is 2.00 bits per heavy atom. The van der Waals surface area contributed by atoms with Crippen molar-refractivity contribution in [3.8, 4) is 0 Å². The van der Waals surface area contributed by atoms with E-state index >= 15 is 0 Å². The van der Waals surface area contributed by atoms with Gasteiger partial charge in [-0.1, -0.05) is 52.8 Å². The molecule has 0 aliphatic rings. The predicted octanol–water partition coefficient (Wildman–Crippen LogP) is 4.13. The summed E-state index contributed by atoms with van der Waals surface area (Å²) in [5.74, 6) is 1.02. The van der Waals surface area contributed by atoms with Crippen molar-refractivity contribution >= 4 is 27.9 Å². The number of carbonyl (C=O) groups excluding carboxylic acids is 1. The molecule has 104 valence electrons. The van der Waals surface area contributed by atoms with E-state index in [1.54, 1.807) is 21.6 Å².